The zero-order valence-electron chi connectivity index (χ0n) is 17.5. The first-order valence-corrected chi connectivity index (χ1v) is 11.5. The predicted octanol–water partition coefficient (Wildman–Crippen LogP) is 2.95. The topological polar surface area (TPSA) is 66.5 Å². The summed E-state index contributed by atoms with van der Waals surface area (Å²) in [7, 11) is -1.79. The van der Waals surface area contributed by atoms with Crippen molar-refractivity contribution in [3.63, 3.8) is 0 Å². The summed E-state index contributed by atoms with van der Waals surface area (Å²) in [6, 6.07) is -0.0422. The monoisotopic (exact) mass is 384 g/mol. The summed E-state index contributed by atoms with van der Waals surface area (Å²) >= 11 is 0. The second-order valence-electron chi connectivity index (χ2n) is 10.9. The van der Waals surface area contributed by atoms with Gasteiger partial charge < -0.3 is 5.32 Å². The third kappa shape index (κ3) is 3.06. The summed E-state index contributed by atoms with van der Waals surface area (Å²) in [5, 5.41) is 3.61. The molecule has 1 N–H and O–H groups in total. The fraction of sp³-hybridized carbons (Fsp3) is 0.950. The molecule has 0 unspecified atom stereocenters. The van der Waals surface area contributed by atoms with Crippen LogP contribution in [0.2, 0.25) is 0 Å². The molecule has 6 heteroatoms. The van der Waals surface area contributed by atoms with E-state index in [-0.39, 0.29) is 34.1 Å². The lowest BCUT2D eigenvalue weighted by Gasteiger charge is -2.49. The first-order valence-electron chi connectivity index (χ1n) is 9.90. The number of Topliss-reactive ketones (excluding diaryl/α,β-unsaturated/α-hetero) is 1. The summed E-state index contributed by atoms with van der Waals surface area (Å²) in [6.45, 7) is 12.7. The summed E-state index contributed by atoms with van der Waals surface area (Å²) in [6.07, 6.45) is 3.81. The van der Waals surface area contributed by atoms with E-state index < -0.39 is 15.4 Å². The van der Waals surface area contributed by atoms with Gasteiger partial charge in [-0.3, -0.25) is 4.79 Å². The number of nitrogens with one attached hydrogen (secondary N) is 1. The molecule has 1 aliphatic heterocycles. The number of ketones is 1. The van der Waals surface area contributed by atoms with Crippen molar-refractivity contribution in [1.29, 1.82) is 0 Å². The number of carbonyl (C=O) groups is 1. The van der Waals surface area contributed by atoms with E-state index in [0.717, 1.165) is 25.7 Å². The predicted molar refractivity (Wildman–Crippen MR) is 104 cm³/mol. The minimum absolute atomic E-state index is 0.0242. The van der Waals surface area contributed by atoms with Crippen LogP contribution in [0.1, 0.15) is 73.6 Å². The number of sulfonamides is 1. The molecule has 3 aliphatic rings. The van der Waals surface area contributed by atoms with Crippen molar-refractivity contribution in [2.45, 2.75) is 90.8 Å². The molecular weight excluding hydrogens is 348 g/mol. The van der Waals surface area contributed by atoms with E-state index in [0.29, 0.717) is 12.3 Å². The van der Waals surface area contributed by atoms with Gasteiger partial charge in [-0.1, -0.05) is 13.8 Å². The van der Waals surface area contributed by atoms with Gasteiger partial charge in [0.1, 0.15) is 5.78 Å². The van der Waals surface area contributed by atoms with Crippen molar-refractivity contribution >= 4 is 15.8 Å². The van der Waals surface area contributed by atoms with Gasteiger partial charge >= 0.3 is 0 Å². The van der Waals surface area contributed by atoms with Crippen LogP contribution in [-0.2, 0) is 14.8 Å². The second-order valence-corrected chi connectivity index (χ2v) is 12.9. The van der Waals surface area contributed by atoms with Crippen LogP contribution < -0.4 is 5.32 Å². The Balaban J connectivity index is 1.85. The number of fused-ring (bicyclic) bond motifs is 2. The fourth-order valence-corrected chi connectivity index (χ4v) is 8.38. The molecule has 0 aromatic heterocycles. The van der Waals surface area contributed by atoms with Crippen LogP contribution in [0.5, 0.6) is 0 Å². The lowest BCUT2D eigenvalue weighted by atomic mass is 9.70. The Morgan fingerprint density at radius 3 is 2.04 bits per heavy atom. The molecule has 0 aromatic rings. The summed E-state index contributed by atoms with van der Waals surface area (Å²) < 4.78 is 28.3. The van der Waals surface area contributed by atoms with E-state index in [1.807, 2.05) is 0 Å². The molecule has 2 aliphatic carbocycles. The van der Waals surface area contributed by atoms with Crippen LogP contribution in [0.15, 0.2) is 0 Å². The summed E-state index contributed by atoms with van der Waals surface area (Å²) in [5.74, 6) is 0.484. The fourth-order valence-electron chi connectivity index (χ4n) is 6.27. The smallest absolute Gasteiger partial charge is 0.215 e. The number of carbonyl (C=O) groups excluding carboxylic acids is 1. The van der Waals surface area contributed by atoms with Crippen LogP contribution >= 0.6 is 0 Å². The van der Waals surface area contributed by atoms with Gasteiger partial charge in [-0.25, -0.2) is 12.7 Å². The van der Waals surface area contributed by atoms with Gasteiger partial charge in [0.05, 0.1) is 5.75 Å². The number of rotatable bonds is 4. The Labute approximate surface area is 159 Å². The summed E-state index contributed by atoms with van der Waals surface area (Å²) in [5.41, 5.74) is -1.14. The highest BCUT2D eigenvalue weighted by Crippen LogP contribution is 2.64. The number of nitrogens with zero attached hydrogens (tertiary/aromatic N) is 1. The van der Waals surface area contributed by atoms with E-state index in [4.69, 9.17) is 0 Å². The minimum Gasteiger partial charge on any atom is -0.307 e. The molecule has 0 aromatic carbocycles. The van der Waals surface area contributed by atoms with E-state index in [9.17, 15) is 13.2 Å². The molecule has 26 heavy (non-hydrogen) atoms. The van der Waals surface area contributed by atoms with Gasteiger partial charge in [0, 0.05) is 36.0 Å². The van der Waals surface area contributed by atoms with Crippen LogP contribution in [0, 0.1) is 16.7 Å². The first-order chi connectivity index (χ1) is 11.6. The molecule has 2 atom stereocenters. The van der Waals surface area contributed by atoms with Crippen molar-refractivity contribution in [3.8, 4) is 0 Å². The first kappa shape index (κ1) is 20.3. The van der Waals surface area contributed by atoms with Crippen LogP contribution in [-0.4, -0.2) is 48.4 Å². The molecule has 150 valence electrons. The Bertz CT molecular complexity index is 695. The average molecular weight is 385 g/mol. The quantitative estimate of drug-likeness (QED) is 0.809. The second kappa shape index (κ2) is 5.77. The van der Waals surface area contributed by atoms with Gasteiger partial charge in [-0.15, -0.1) is 0 Å². The molecular formula is C20H36N2O3S. The third-order valence-electron chi connectivity index (χ3n) is 7.69. The van der Waals surface area contributed by atoms with Crippen molar-refractivity contribution in [2.75, 3.05) is 12.8 Å². The lowest BCUT2D eigenvalue weighted by Crippen LogP contribution is -2.62. The van der Waals surface area contributed by atoms with Gasteiger partial charge in [0.25, 0.3) is 0 Å². The minimum atomic E-state index is -3.51. The molecule has 3 rings (SSSR count). The zero-order valence-corrected chi connectivity index (χ0v) is 18.3. The van der Waals surface area contributed by atoms with E-state index >= 15 is 0 Å². The standard InChI is InChI=1S/C20H36N2O3S/c1-17(2)11-15(12-18(3,4)21-17)22(7)26(24,25)13-20-9-8-14(10-16(20)23)19(20,5)6/h14-15,21H,8-13H2,1-7H3/t14-,20+/m1/s1. The Morgan fingerprint density at radius 2 is 1.62 bits per heavy atom. The highest BCUT2D eigenvalue weighted by atomic mass is 32.2. The van der Waals surface area contributed by atoms with Crippen molar-refractivity contribution in [2.24, 2.45) is 16.7 Å². The molecule has 5 nitrogen and oxygen atoms in total. The largest absolute Gasteiger partial charge is 0.307 e. The normalized spacial score (nSPS) is 36.0. The highest BCUT2D eigenvalue weighted by Gasteiger charge is 2.65. The van der Waals surface area contributed by atoms with E-state index in [1.54, 1.807) is 11.4 Å². The lowest BCUT2D eigenvalue weighted by molar-refractivity contribution is -0.128. The van der Waals surface area contributed by atoms with Crippen LogP contribution in [0.25, 0.3) is 0 Å². The maximum Gasteiger partial charge on any atom is 0.215 e. The number of hydrogen-bond donors (Lipinski definition) is 1. The maximum absolute atomic E-state index is 13.4. The Morgan fingerprint density at radius 1 is 1.08 bits per heavy atom. The third-order valence-corrected chi connectivity index (χ3v) is 9.72. The average Bonchev–Trinajstić information content (AvgIpc) is 2.76. The van der Waals surface area contributed by atoms with E-state index in [1.165, 1.54) is 0 Å². The molecule has 3 fully saturated rings. The van der Waals surface area contributed by atoms with Crippen molar-refractivity contribution < 1.29 is 13.2 Å². The molecule has 1 saturated heterocycles. The Hall–Kier alpha value is -0.460. The SMILES string of the molecule is CN(C1CC(C)(C)NC(C)(C)C1)S(=O)(=O)C[C@@]12CC[C@H](CC1=O)C2(C)C. The van der Waals surface area contributed by atoms with Gasteiger partial charge in [0.2, 0.25) is 10.0 Å². The number of hydrogen-bond acceptors (Lipinski definition) is 4. The molecule has 2 saturated carbocycles. The van der Waals surface area contributed by atoms with Crippen LogP contribution in [0.3, 0.4) is 0 Å². The maximum atomic E-state index is 13.4. The Kier molecular flexibility index (Phi) is 4.50. The van der Waals surface area contributed by atoms with Gasteiger partial charge in [0.15, 0.2) is 0 Å². The molecule has 1 heterocycles. The highest BCUT2D eigenvalue weighted by molar-refractivity contribution is 7.89. The van der Waals surface area contributed by atoms with Crippen molar-refractivity contribution in [3.05, 3.63) is 0 Å². The zero-order chi connectivity index (χ0) is 19.8. The number of piperidine rings is 1. The van der Waals surface area contributed by atoms with Gasteiger partial charge in [-0.05, 0) is 64.7 Å². The van der Waals surface area contributed by atoms with E-state index in [2.05, 4.69) is 46.9 Å². The van der Waals surface area contributed by atoms with Gasteiger partial charge in [-0.2, -0.15) is 0 Å². The molecule has 0 amide bonds. The molecule has 2 bridgehead atoms. The molecule has 0 spiro atoms. The van der Waals surface area contributed by atoms with Crippen LogP contribution in [0.4, 0.5) is 0 Å². The molecule has 0 radical (unpaired) electrons. The summed E-state index contributed by atoms with van der Waals surface area (Å²) in [4.78, 5) is 12.8. The van der Waals surface area contributed by atoms with Crippen molar-refractivity contribution in [1.82, 2.24) is 9.62 Å².